The van der Waals surface area contributed by atoms with E-state index in [1.54, 1.807) is 4.68 Å². The van der Waals surface area contributed by atoms with Crippen LogP contribution in [0.2, 0.25) is 0 Å². The van der Waals surface area contributed by atoms with E-state index in [1.165, 1.54) is 0 Å². The zero-order chi connectivity index (χ0) is 8.39. The number of tetrazole rings is 1. The van der Waals surface area contributed by atoms with E-state index in [0.717, 1.165) is 5.69 Å². The quantitative estimate of drug-likeness (QED) is 0.606. The van der Waals surface area contributed by atoms with Crippen LogP contribution in [0.5, 0.6) is 0 Å². The third-order valence-corrected chi connectivity index (χ3v) is 1.73. The number of nitrogens with one attached hydrogen (secondary N) is 3. The van der Waals surface area contributed by atoms with Crippen LogP contribution in [0.25, 0.3) is 5.69 Å². The third kappa shape index (κ3) is 1.12. The van der Waals surface area contributed by atoms with Crippen LogP contribution in [-0.4, -0.2) is 15.1 Å². The number of hydrogen-bond donors (Lipinski definition) is 1. The molecule has 0 saturated carbocycles. The fourth-order valence-corrected chi connectivity index (χ4v) is 1.11. The van der Waals surface area contributed by atoms with Crippen molar-refractivity contribution >= 4 is 12.2 Å². The molecule has 2 rings (SSSR count). The number of rotatable bonds is 1. The lowest BCUT2D eigenvalue weighted by Crippen LogP contribution is -2.06. The molecular weight excluding hydrogens is 174 g/mol. The zero-order valence-electron chi connectivity index (χ0n) is 6.11. The van der Waals surface area contributed by atoms with Gasteiger partial charge in [0.2, 0.25) is 11.9 Å². The van der Waals surface area contributed by atoms with Gasteiger partial charge < -0.3 is 0 Å². The monoisotopic (exact) mass is 181 g/mol. The second-order valence-electron chi connectivity index (χ2n) is 2.23. The zero-order valence-corrected chi connectivity index (χ0v) is 6.93. The molecule has 0 bridgehead atoms. The molecule has 0 fully saturated rings. The summed E-state index contributed by atoms with van der Waals surface area (Å²) in [5.74, 6) is 0. The summed E-state index contributed by atoms with van der Waals surface area (Å²) in [7, 11) is 0. The van der Waals surface area contributed by atoms with E-state index < -0.39 is 0 Å². The van der Waals surface area contributed by atoms with Crippen molar-refractivity contribution in [3.63, 3.8) is 0 Å². The highest BCUT2D eigenvalue weighted by Crippen LogP contribution is 1.97. The molecule has 12 heavy (non-hydrogen) atoms. The van der Waals surface area contributed by atoms with Crippen LogP contribution in [0.1, 0.15) is 0 Å². The maximum absolute atomic E-state index is 4.97. The van der Waals surface area contributed by atoms with Crippen molar-refractivity contribution in [1.29, 1.82) is 0 Å². The summed E-state index contributed by atoms with van der Waals surface area (Å²) in [5.41, 5.74) is 0.913. The summed E-state index contributed by atoms with van der Waals surface area (Å²) < 4.78 is 2.20. The second kappa shape index (κ2) is 2.82. The fraction of sp³-hybridized carbons (Fsp3) is 0. The van der Waals surface area contributed by atoms with Gasteiger partial charge in [0.15, 0.2) is 6.20 Å². The molecule has 0 aromatic carbocycles. The highest BCUT2D eigenvalue weighted by atomic mass is 32.1. The van der Waals surface area contributed by atoms with Gasteiger partial charge in [-0.05, 0) is 6.07 Å². The molecule has 0 spiro atoms. The molecular formula is C6H7N5S+2. The third-order valence-electron chi connectivity index (χ3n) is 1.45. The smallest absolute Gasteiger partial charge is 0.215 e. The average molecular weight is 181 g/mol. The molecule has 0 atom stereocenters. The SMILES string of the molecule is S=c1[nH+]n[nH]n1-c1ccc[nH+]c1. The van der Waals surface area contributed by atoms with Crippen LogP contribution < -0.4 is 10.1 Å². The topological polar surface area (TPSA) is 61.9 Å². The van der Waals surface area contributed by atoms with Gasteiger partial charge in [0.1, 0.15) is 0 Å². The van der Waals surface area contributed by atoms with Crippen molar-refractivity contribution in [1.82, 2.24) is 15.1 Å². The van der Waals surface area contributed by atoms with Gasteiger partial charge in [-0.3, -0.25) is 0 Å². The maximum atomic E-state index is 4.97. The lowest BCUT2D eigenvalue weighted by atomic mass is 10.4. The second-order valence-corrected chi connectivity index (χ2v) is 2.61. The van der Waals surface area contributed by atoms with E-state index >= 15 is 0 Å². The number of aromatic amines is 3. The Morgan fingerprint density at radius 1 is 1.58 bits per heavy atom. The van der Waals surface area contributed by atoms with Gasteiger partial charge in [0.25, 0.3) is 0 Å². The van der Waals surface area contributed by atoms with Crippen molar-refractivity contribution in [2.24, 2.45) is 0 Å². The molecule has 0 aliphatic rings. The molecule has 0 aliphatic carbocycles. The summed E-state index contributed by atoms with van der Waals surface area (Å²) in [6.07, 6.45) is 3.65. The van der Waals surface area contributed by atoms with Crippen LogP contribution in [0.15, 0.2) is 24.5 Å². The van der Waals surface area contributed by atoms with E-state index in [0.29, 0.717) is 4.77 Å². The molecule has 2 aromatic heterocycles. The number of pyridine rings is 1. The van der Waals surface area contributed by atoms with Crippen LogP contribution >= 0.6 is 12.2 Å². The first-order valence-electron chi connectivity index (χ1n) is 3.39. The van der Waals surface area contributed by atoms with Crippen LogP contribution in [-0.2, 0) is 0 Å². The molecule has 60 valence electrons. The highest BCUT2D eigenvalue weighted by Gasteiger charge is 2.07. The normalized spacial score (nSPS) is 10.0. The van der Waals surface area contributed by atoms with E-state index in [-0.39, 0.29) is 0 Å². The summed E-state index contributed by atoms with van der Waals surface area (Å²) in [4.78, 5) is 2.95. The first kappa shape index (κ1) is 7.11. The van der Waals surface area contributed by atoms with E-state index in [4.69, 9.17) is 12.2 Å². The average Bonchev–Trinajstić information content (AvgIpc) is 2.53. The number of H-pyrrole nitrogens is 3. The van der Waals surface area contributed by atoms with Gasteiger partial charge in [-0.15, -0.1) is 5.10 Å². The predicted octanol–water partition coefficient (Wildman–Crippen LogP) is -0.442. The fourth-order valence-electron chi connectivity index (χ4n) is 0.916. The Hall–Kier alpha value is -1.56. The Labute approximate surface area is 73.1 Å². The largest absolute Gasteiger partial charge is 0.349 e. The minimum atomic E-state index is 0.537. The first-order chi connectivity index (χ1) is 5.88. The van der Waals surface area contributed by atoms with Gasteiger partial charge >= 0.3 is 4.77 Å². The number of aromatic nitrogens is 5. The van der Waals surface area contributed by atoms with Crippen LogP contribution in [0.4, 0.5) is 0 Å². The number of hydrogen-bond acceptors (Lipinski definition) is 2. The first-order valence-corrected chi connectivity index (χ1v) is 3.80. The Kier molecular flexibility index (Phi) is 1.67. The van der Waals surface area contributed by atoms with Gasteiger partial charge in [-0.25, -0.2) is 4.98 Å². The molecule has 3 N–H and O–H groups in total. The van der Waals surface area contributed by atoms with E-state index in [9.17, 15) is 0 Å². The highest BCUT2D eigenvalue weighted by molar-refractivity contribution is 7.71. The Morgan fingerprint density at radius 2 is 2.50 bits per heavy atom. The Morgan fingerprint density at radius 3 is 3.08 bits per heavy atom. The van der Waals surface area contributed by atoms with Gasteiger partial charge in [0.05, 0.1) is 5.21 Å². The summed E-state index contributed by atoms with van der Waals surface area (Å²) in [5, 5.41) is 9.03. The van der Waals surface area contributed by atoms with Crippen molar-refractivity contribution in [3.8, 4) is 5.69 Å². The lowest BCUT2D eigenvalue weighted by Gasteiger charge is -1.85. The number of nitrogens with zero attached hydrogens (tertiary/aromatic N) is 2. The van der Waals surface area contributed by atoms with Gasteiger partial charge in [-0.1, -0.05) is 9.90 Å². The molecule has 0 amide bonds. The van der Waals surface area contributed by atoms with Crippen molar-refractivity contribution < 1.29 is 10.1 Å². The molecule has 5 nitrogen and oxygen atoms in total. The predicted molar refractivity (Wildman–Crippen MR) is 41.9 cm³/mol. The minimum Gasteiger partial charge on any atom is -0.215 e. The lowest BCUT2D eigenvalue weighted by molar-refractivity contribution is -0.464. The summed E-state index contributed by atoms with van der Waals surface area (Å²) in [6.45, 7) is 0. The Balaban J connectivity index is 2.59. The molecule has 0 saturated heterocycles. The molecule has 2 heterocycles. The maximum Gasteiger partial charge on any atom is 0.349 e. The molecule has 6 heteroatoms. The van der Waals surface area contributed by atoms with Crippen molar-refractivity contribution in [2.75, 3.05) is 0 Å². The van der Waals surface area contributed by atoms with Gasteiger partial charge in [0, 0.05) is 18.3 Å². The standard InChI is InChI=1S/C6H5N5S/c12-6-8-9-10-11(6)5-2-1-3-7-4-5/h1-4H,(H,8,10,12)/p+2. The Bertz CT molecular complexity index is 417. The van der Waals surface area contributed by atoms with Crippen molar-refractivity contribution in [2.45, 2.75) is 0 Å². The van der Waals surface area contributed by atoms with Crippen LogP contribution in [0.3, 0.4) is 0 Å². The summed E-state index contributed by atoms with van der Waals surface area (Å²) >= 11 is 4.97. The molecule has 2 aromatic rings. The molecule has 0 aliphatic heterocycles. The van der Waals surface area contributed by atoms with Gasteiger partial charge in [-0.2, -0.15) is 0 Å². The van der Waals surface area contributed by atoms with E-state index in [2.05, 4.69) is 20.5 Å². The molecule has 0 unspecified atom stereocenters. The minimum absolute atomic E-state index is 0.537. The van der Waals surface area contributed by atoms with E-state index in [1.807, 2.05) is 24.5 Å². The summed E-state index contributed by atoms with van der Waals surface area (Å²) in [6, 6.07) is 3.80. The van der Waals surface area contributed by atoms with Crippen LogP contribution in [0, 0.1) is 4.77 Å². The van der Waals surface area contributed by atoms with Crippen molar-refractivity contribution in [3.05, 3.63) is 29.3 Å². The molecule has 0 radical (unpaired) electrons.